The fourth-order valence-electron chi connectivity index (χ4n) is 2.72. The molecule has 140 valence electrons. The van der Waals surface area contributed by atoms with Gasteiger partial charge in [-0.2, -0.15) is 0 Å². The molecule has 1 aromatic heterocycles. The van der Waals surface area contributed by atoms with E-state index in [0.717, 1.165) is 6.41 Å². The number of anilines is 2. The van der Waals surface area contributed by atoms with Gasteiger partial charge in [-0.3, -0.25) is 9.59 Å². The Morgan fingerprint density at radius 2 is 1.78 bits per heavy atom. The Hall–Kier alpha value is -3.49. The second-order valence-corrected chi connectivity index (χ2v) is 5.89. The van der Waals surface area contributed by atoms with Gasteiger partial charge < -0.3 is 19.9 Å². The van der Waals surface area contributed by atoms with Crippen molar-refractivity contribution in [3.05, 3.63) is 47.8 Å². The van der Waals surface area contributed by atoms with Gasteiger partial charge in [0.2, 0.25) is 12.4 Å². The van der Waals surface area contributed by atoms with Gasteiger partial charge in [0.05, 0.1) is 23.9 Å². The smallest absolute Gasteiger partial charge is 0.339 e. The lowest BCUT2D eigenvalue weighted by Crippen LogP contribution is -2.48. The quantitative estimate of drug-likeness (QED) is 0.617. The first-order valence-electron chi connectivity index (χ1n) is 8.37. The van der Waals surface area contributed by atoms with Crippen LogP contribution in [0, 0.1) is 0 Å². The average Bonchev–Trinajstić information content (AvgIpc) is 2.73. The molecular weight excluding hydrogens is 350 g/mol. The van der Waals surface area contributed by atoms with Crippen LogP contribution in [-0.4, -0.2) is 71.3 Å². The van der Waals surface area contributed by atoms with Crippen molar-refractivity contribution in [1.82, 2.24) is 19.8 Å². The van der Waals surface area contributed by atoms with Crippen LogP contribution in [0.1, 0.15) is 20.7 Å². The second kappa shape index (κ2) is 8.26. The predicted octanol–water partition coefficient (Wildman–Crippen LogP) is 0.921. The lowest BCUT2D eigenvalue weighted by atomic mass is 10.2. The summed E-state index contributed by atoms with van der Waals surface area (Å²) in [5, 5.41) is 2.95. The summed E-state index contributed by atoms with van der Waals surface area (Å²) < 4.78 is 4.75. The van der Waals surface area contributed by atoms with Crippen LogP contribution in [0.25, 0.3) is 0 Å². The number of carbonyl (C=O) groups is 3. The van der Waals surface area contributed by atoms with Crippen molar-refractivity contribution < 1.29 is 19.1 Å². The van der Waals surface area contributed by atoms with Crippen LogP contribution in [-0.2, 0) is 9.53 Å². The third-order valence-corrected chi connectivity index (χ3v) is 4.23. The van der Waals surface area contributed by atoms with Crippen LogP contribution in [0.15, 0.2) is 36.7 Å². The molecule has 1 fully saturated rings. The van der Waals surface area contributed by atoms with Gasteiger partial charge in [0.1, 0.15) is 0 Å². The molecule has 9 heteroatoms. The third-order valence-electron chi connectivity index (χ3n) is 4.23. The molecule has 0 spiro atoms. The van der Waals surface area contributed by atoms with Crippen LogP contribution in [0.3, 0.4) is 0 Å². The number of hydrogen-bond acceptors (Lipinski definition) is 7. The summed E-state index contributed by atoms with van der Waals surface area (Å²) in [6.45, 7) is 1.98. The zero-order valence-corrected chi connectivity index (χ0v) is 14.8. The Labute approximate surface area is 156 Å². The minimum Gasteiger partial charge on any atom is -0.465 e. The van der Waals surface area contributed by atoms with E-state index in [0.29, 0.717) is 43.0 Å². The van der Waals surface area contributed by atoms with E-state index >= 15 is 0 Å². The number of nitrogens with zero attached hydrogens (tertiary/aromatic N) is 4. The van der Waals surface area contributed by atoms with E-state index in [1.807, 2.05) is 0 Å². The number of methoxy groups -OCH3 is 1. The monoisotopic (exact) mass is 369 g/mol. The maximum Gasteiger partial charge on any atom is 0.339 e. The van der Waals surface area contributed by atoms with E-state index in [4.69, 9.17) is 4.74 Å². The number of rotatable bonds is 5. The number of esters is 1. The summed E-state index contributed by atoms with van der Waals surface area (Å²) in [6, 6.07) is 6.84. The molecule has 1 aliphatic heterocycles. The Morgan fingerprint density at radius 1 is 1.11 bits per heavy atom. The lowest BCUT2D eigenvalue weighted by Gasteiger charge is -2.32. The second-order valence-electron chi connectivity index (χ2n) is 5.89. The summed E-state index contributed by atoms with van der Waals surface area (Å²) >= 11 is 0. The Balaban J connectivity index is 1.68. The van der Waals surface area contributed by atoms with E-state index in [2.05, 4.69) is 15.3 Å². The third kappa shape index (κ3) is 4.20. The standard InChI is InChI=1S/C18H19N5O4/c1-27-17(26)14-4-2-3-5-15(14)21-18-19-10-13(11-20-18)16(25)23-8-6-22(12-24)7-9-23/h2-5,10-12H,6-9H2,1H3,(H,19,20,21). The van der Waals surface area contributed by atoms with Crippen LogP contribution < -0.4 is 5.32 Å². The Morgan fingerprint density at radius 3 is 2.41 bits per heavy atom. The molecule has 0 aliphatic carbocycles. The highest BCUT2D eigenvalue weighted by Crippen LogP contribution is 2.19. The summed E-state index contributed by atoms with van der Waals surface area (Å²) in [4.78, 5) is 46.7. The van der Waals surface area contributed by atoms with Crippen molar-refractivity contribution in [3.63, 3.8) is 0 Å². The molecule has 0 unspecified atom stereocenters. The van der Waals surface area contributed by atoms with Crippen molar-refractivity contribution >= 4 is 29.9 Å². The molecule has 0 atom stereocenters. The van der Waals surface area contributed by atoms with E-state index in [-0.39, 0.29) is 11.9 Å². The number of aromatic nitrogens is 2. The van der Waals surface area contributed by atoms with E-state index in [1.54, 1.807) is 34.1 Å². The zero-order valence-electron chi connectivity index (χ0n) is 14.8. The number of ether oxygens (including phenoxy) is 1. The minimum absolute atomic E-state index is 0.179. The molecule has 9 nitrogen and oxygen atoms in total. The molecule has 1 aromatic carbocycles. The highest BCUT2D eigenvalue weighted by Gasteiger charge is 2.22. The number of para-hydroxylation sites is 1. The zero-order chi connectivity index (χ0) is 19.2. The Kier molecular flexibility index (Phi) is 5.60. The number of piperazine rings is 1. The van der Waals surface area contributed by atoms with Crippen LogP contribution in [0.4, 0.5) is 11.6 Å². The number of benzene rings is 1. The normalized spacial score (nSPS) is 13.8. The number of carbonyl (C=O) groups excluding carboxylic acids is 3. The van der Waals surface area contributed by atoms with Gasteiger partial charge in [-0.25, -0.2) is 14.8 Å². The molecule has 2 amide bonds. The first-order chi connectivity index (χ1) is 13.1. The maximum absolute atomic E-state index is 12.5. The molecular formula is C18H19N5O4. The van der Waals surface area contributed by atoms with Crippen LogP contribution in [0.2, 0.25) is 0 Å². The SMILES string of the molecule is COC(=O)c1ccccc1Nc1ncc(C(=O)N2CCN(C=O)CC2)cn1. The highest BCUT2D eigenvalue weighted by atomic mass is 16.5. The van der Waals surface area contributed by atoms with Gasteiger partial charge in [-0.1, -0.05) is 12.1 Å². The van der Waals surface area contributed by atoms with Gasteiger partial charge in [0.15, 0.2) is 0 Å². The maximum atomic E-state index is 12.5. The molecule has 1 saturated heterocycles. The molecule has 3 rings (SSSR count). The summed E-state index contributed by atoms with van der Waals surface area (Å²) in [5.41, 5.74) is 1.23. The van der Waals surface area contributed by atoms with Gasteiger partial charge >= 0.3 is 5.97 Å². The number of nitrogens with one attached hydrogen (secondary N) is 1. The molecule has 0 radical (unpaired) electrons. The average molecular weight is 369 g/mol. The molecule has 0 saturated carbocycles. The van der Waals surface area contributed by atoms with E-state index in [1.165, 1.54) is 19.5 Å². The van der Waals surface area contributed by atoms with Gasteiger partial charge in [0.25, 0.3) is 5.91 Å². The summed E-state index contributed by atoms with van der Waals surface area (Å²) in [5.74, 6) is -0.393. The van der Waals surface area contributed by atoms with E-state index < -0.39 is 5.97 Å². The minimum atomic E-state index is -0.473. The number of amides is 2. The van der Waals surface area contributed by atoms with Gasteiger partial charge in [-0.05, 0) is 12.1 Å². The van der Waals surface area contributed by atoms with Crippen LogP contribution >= 0.6 is 0 Å². The molecule has 0 bridgehead atoms. The summed E-state index contributed by atoms with van der Waals surface area (Å²) in [7, 11) is 1.31. The fourth-order valence-corrected chi connectivity index (χ4v) is 2.72. The molecule has 1 aliphatic rings. The Bertz CT molecular complexity index is 832. The molecule has 27 heavy (non-hydrogen) atoms. The van der Waals surface area contributed by atoms with Crippen LogP contribution in [0.5, 0.6) is 0 Å². The first kappa shape index (κ1) is 18.3. The predicted molar refractivity (Wildman–Crippen MR) is 96.6 cm³/mol. The largest absolute Gasteiger partial charge is 0.465 e. The van der Waals surface area contributed by atoms with Crippen molar-refractivity contribution in [3.8, 4) is 0 Å². The lowest BCUT2D eigenvalue weighted by molar-refractivity contribution is -0.119. The fraction of sp³-hybridized carbons (Fsp3) is 0.278. The van der Waals surface area contributed by atoms with E-state index in [9.17, 15) is 14.4 Å². The van der Waals surface area contributed by atoms with Crippen molar-refractivity contribution in [2.24, 2.45) is 0 Å². The molecule has 1 N–H and O–H groups in total. The van der Waals surface area contributed by atoms with Gasteiger partial charge in [-0.15, -0.1) is 0 Å². The van der Waals surface area contributed by atoms with Gasteiger partial charge in [0, 0.05) is 38.6 Å². The van der Waals surface area contributed by atoms with Crippen molar-refractivity contribution in [2.45, 2.75) is 0 Å². The van der Waals surface area contributed by atoms with Crippen molar-refractivity contribution in [1.29, 1.82) is 0 Å². The number of hydrogen-bond donors (Lipinski definition) is 1. The molecule has 2 heterocycles. The van der Waals surface area contributed by atoms with Crippen molar-refractivity contribution in [2.75, 3.05) is 38.6 Å². The summed E-state index contributed by atoms with van der Waals surface area (Å²) in [6.07, 6.45) is 3.66. The first-order valence-corrected chi connectivity index (χ1v) is 8.37. The topological polar surface area (TPSA) is 105 Å². The molecule has 2 aromatic rings. The highest BCUT2D eigenvalue weighted by molar-refractivity contribution is 5.96.